The van der Waals surface area contributed by atoms with Crippen LogP contribution in [0.4, 0.5) is 0 Å². The molecule has 3 heteroatoms. The summed E-state index contributed by atoms with van der Waals surface area (Å²) in [6, 6.07) is 0.00361. The van der Waals surface area contributed by atoms with Crippen molar-refractivity contribution in [2.45, 2.75) is 51.5 Å². The second-order valence-corrected chi connectivity index (χ2v) is 4.28. The minimum atomic E-state index is -0.709. The molecule has 0 radical (unpaired) electrons. The molecule has 3 N–H and O–H groups in total. The fraction of sp³-hybridized carbons (Fsp3) is 0.900. The number of nitrogens with two attached hydrogens (primary N) is 1. The molecule has 0 heterocycles. The number of hydrogen-bond acceptors (Lipinski definition) is 2. The van der Waals surface area contributed by atoms with Gasteiger partial charge in [0.15, 0.2) is 0 Å². The van der Waals surface area contributed by atoms with Gasteiger partial charge in [-0.25, -0.2) is 0 Å². The SMILES string of the molecule is CC(N)C1(CC(=O)O)CCCCC1. The van der Waals surface area contributed by atoms with Crippen LogP contribution in [-0.2, 0) is 4.79 Å². The Morgan fingerprint density at radius 1 is 1.46 bits per heavy atom. The molecule has 1 fully saturated rings. The van der Waals surface area contributed by atoms with Crippen LogP contribution >= 0.6 is 0 Å². The van der Waals surface area contributed by atoms with Crippen molar-refractivity contribution in [3.05, 3.63) is 0 Å². The Balaban J connectivity index is 2.67. The third-order valence-corrected chi connectivity index (χ3v) is 3.32. The number of carboxylic acids is 1. The van der Waals surface area contributed by atoms with Crippen molar-refractivity contribution in [3.8, 4) is 0 Å². The minimum Gasteiger partial charge on any atom is -0.481 e. The van der Waals surface area contributed by atoms with Gasteiger partial charge in [-0.3, -0.25) is 4.79 Å². The van der Waals surface area contributed by atoms with E-state index >= 15 is 0 Å². The first-order valence-corrected chi connectivity index (χ1v) is 5.04. The van der Waals surface area contributed by atoms with Crippen LogP contribution in [0, 0.1) is 5.41 Å². The molecule has 1 saturated carbocycles. The third kappa shape index (κ3) is 2.44. The smallest absolute Gasteiger partial charge is 0.303 e. The number of rotatable bonds is 3. The molecule has 0 aromatic rings. The molecule has 1 aliphatic carbocycles. The summed E-state index contributed by atoms with van der Waals surface area (Å²) in [5, 5.41) is 8.82. The quantitative estimate of drug-likeness (QED) is 0.704. The maximum absolute atomic E-state index is 10.7. The average Bonchev–Trinajstić information content (AvgIpc) is 2.04. The lowest BCUT2D eigenvalue weighted by molar-refractivity contribution is -0.140. The molecule has 0 aromatic carbocycles. The van der Waals surface area contributed by atoms with Gasteiger partial charge in [-0.2, -0.15) is 0 Å². The fourth-order valence-electron chi connectivity index (χ4n) is 2.35. The van der Waals surface area contributed by atoms with Gasteiger partial charge in [-0.1, -0.05) is 19.3 Å². The van der Waals surface area contributed by atoms with Gasteiger partial charge in [0.05, 0.1) is 6.42 Å². The van der Waals surface area contributed by atoms with Gasteiger partial charge in [0.25, 0.3) is 0 Å². The molecule has 1 unspecified atom stereocenters. The van der Waals surface area contributed by atoms with Crippen LogP contribution < -0.4 is 5.73 Å². The summed E-state index contributed by atoms with van der Waals surface area (Å²) in [4.78, 5) is 10.7. The molecular formula is C10H19NO2. The Kier molecular flexibility index (Phi) is 3.31. The van der Waals surface area contributed by atoms with Crippen molar-refractivity contribution in [1.82, 2.24) is 0 Å². The van der Waals surface area contributed by atoms with Crippen LogP contribution in [0.25, 0.3) is 0 Å². The van der Waals surface area contributed by atoms with E-state index in [4.69, 9.17) is 10.8 Å². The van der Waals surface area contributed by atoms with E-state index in [1.165, 1.54) is 6.42 Å². The van der Waals surface area contributed by atoms with Crippen LogP contribution in [0.5, 0.6) is 0 Å². The summed E-state index contributed by atoms with van der Waals surface area (Å²) < 4.78 is 0. The summed E-state index contributed by atoms with van der Waals surface area (Å²) in [6.45, 7) is 1.94. The Morgan fingerprint density at radius 3 is 2.38 bits per heavy atom. The van der Waals surface area contributed by atoms with Crippen LogP contribution in [-0.4, -0.2) is 17.1 Å². The highest BCUT2D eigenvalue weighted by molar-refractivity contribution is 5.67. The first-order valence-electron chi connectivity index (χ1n) is 5.04. The van der Waals surface area contributed by atoms with Crippen molar-refractivity contribution in [2.24, 2.45) is 11.1 Å². The number of aliphatic carboxylic acids is 1. The predicted molar refractivity (Wildman–Crippen MR) is 51.4 cm³/mol. The highest BCUT2D eigenvalue weighted by Gasteiger charge is 2.37. The van der Waals surface area contributed by atoms with E-state index in [0.717, 1.165) is 25.7 Å². The standard InChI is InChI=1S/C10H19NO2/c1-8(11)10(7-9(12)13)5-3-2-4-6-10/h8H,2-7,11H2,1H3,(H,12,13). The number of hydrogen-bond donors (Lipinski definition) is 2. The molecular weight excluding hydrogens is 166 g/mol. The minimum absolute atomic E-state index is 0.00361. The third-order valence-electron chi connectivity index (χ3n) is 3.32. The van der Waals surface area contributed by atoms with E-state index in [2.05, 4.69) is 0 Å². The van der Waals surface area contributed by atoms with Gasteiger partial charge < -0.3 is 10.8 Å². The van der Waals surface area contributed by atoms with Crippen LogP contribution in [0.15, 0.2) is 0 Å². The fourth-order valence-corrected chi connectivity index (χ4v) is 2.35. The first kappa shape index (κ1) is 10.5. The second kappa shape index (κ2) is 4.09. The molecule has 1 aliphatic rings. The molecule has 0 aliphatic heterocycles. The van der Waals surface area contributed by atoms with Gasteiger partial charge in [0, 0.05) is 6.04 Å². The normalized spacial score (nSPS) is 23.8. The maximum atomic E-state index is 10.7. The number of carbonyl (C=O) groups is 1. The molecule has 13 heavy (non-hydrogen) atoms. The van der Waals surface area contributed by atoms with E-state index in [1.807, 2.05) is 6.92 Å². The summed E-state index contributed by atoms with van der Waals surface area (Å²) in [5.74, 6) is -0.709. The monoisotopic (exact) mass is 185 g/mol. The Hall–Kier alpha value is -0.570. The highest BCUT2D eigenvalue weighted by Crippen LogP contribution is 2.41. The number of carboxylic acid groups (broad SMARTS) is 1. The molecule has 0 aromatic heterocycles. The van der Waals surface area contributed by atoms with Gasteiger partial charge in [-0.05, 0) is 25.2 Å². The van der Waals surface area contributed by atoms with Gasteiger partial charge in [-0.15, -0.1) is 0 Å². The topological polar surface area (TPSA) is 63.3 Å². The molecule has 1 atom stereocenters. The van der Waals surface area contributed by atoms with Crippen LogP contribution in [0.3, 0.4) is 0 Å². The van der Waals surface area contributed by atoms with Crippen molar-refractivity contribution < 1.29 is 9.90 Å². The Labute approximate surface area is 79.3 Å². The van der Waals surface area contributed by atoms with Gasteiger partial charge >= 0.3 is 5.97 Å². The van der Waals surface area contributed by atoms with E-state index in [1.54, 1.807) is 0 Å². The molecule has 76 valence electrons. The van der Waals surface area contributed by atoms with Crippen molar-refractivity contribution >= 4 is 5.97 Å². The van der Waals surface area contributed by atoms with Crippen LogP contribution in [0.1, 0.15) is 45.4 Å². The van der Waals surface area contributed by atoms with E-state index < -0.39 is 5.97 Å². The largest absolute Gasteiger partial charge is 0.481 e. The Bertz CT molecular complexity index is 183. The summed E-state index contributed by atoms with van der Waals surface area (Å²) in [7, 11) is 0. The summed E-state index contributed by atoms with van der Waals surface area (Å²) in [6.07, 6.45) is 5.70. The highest BCUT2D eigenvalue weighted by atomic mass is 16.4. The molecule has 1 rings (SSSR count). The zero-order valence-corrected chi connectivity index (χ0v) is 8.25. The van der Waals surface area contributed by atoms with Crippen molar-refractivity contribution in [1.29, 1.82) is 0 Å². The maximum Gasteiger partial charge on any atom is 0.303 e. The predicted octanol–water partition coefficient (Wildman–Crippen LogP) is 1.76. The van der Waals surface area contributed by atoms with Gasteiger partial charge in [0.2, 0.25) is 0 Å². The lowest BCUT2D eigenvalue weighted by Gasteiger charge is -2.39. The Morgan fingerprint density at radius 2 is 2.00 bits per heavy atom. The lowest BCUT2D eigenvalue weighted by atomic mass is 9.68. The second-order valence-electron chi connectivity index (χ2n) is 4.28. The molecule has 3 nitrogen and oxygen atoms in total. The van der Waals surface area contributed by atoms with Crippen LogP contribution in [0.2, 0.25) is 0 Å². The summed E-state index contributed by atoms with van der Waals surface area (Å²) in [5.41, 5.74) is 5.77. The summed E-state index contributed by atoms with van der Waals surface area (Å²) >= 11 is 0. The lowest BCUT2D eigenvalue weighted by Crippen LogP contribution is -2.42. The van der Waals surface area contributed by atoms with Crippen molar-refractivity contribution in [3.63, 3.8) is 0 Å². The molecule has 0 saturated heterocycles. The zero-order chi connectivity index (χ0) is 9.90. The molecule has 0 bridgehead atoms. The first-order chi connectivity index (χ1) is 6.07. The average molecular weight is 185 g/mol. The van der Waals surface area contributed by atoms with E-state index in [9.17, 15) is 4.79 Å². The van der Waals surface area contributed by atoms with E-state index in [-0.39, 0.29) is 17.9 Å². The van der Waals surface area contributed by atoms with Crippen molar-refractivity contribution in [2.75, 3.05) is 0 Å². The van der Waals surface area contributed by atoms with Gasteiger partial charge in [0.1, 0.15) is 0 Å². The molecule has 0 amide bonds. The molecule has 0 spiro atoms. The zero-order valence-electron chi connectivity index (χ0n) is 8.25. The van der Waals surface area contributed by atoms with E-state index in [0.29, 0.717) is 0 Å².